The van der Waals surface area contributed by atoms with Crippen molar-refractivity contribution in [2.45, 2.75) is 13.3 Å². The minimum Gasteiger partial charge on any atom is -0.501 e. The lowest BCUT2D eigenvalue weighted by molar-refractivity contribution is 0.253. The molecule has 16 heavy (non-hydrogen) atoms. The third-order valence-electron chi connectivity index (χ3n) is 2.70. The van der Waals surface area contributed by atoms with Gasteiger partial charge in [-0.3, -0.25) is 0 Å². The van der Waals surface area contributed by atoms with Crippen LogP contribution in [0, 0.1) is 0 Å². The number of benzene rings is 1. The van der Waals surface area contributed by atoms with Gasteiger partial charge in [-0.25, -0.2) is 0 Å². The molecule has 0 unspecified atom stereocenters. The topological polar surface area (TPSA) is 14.2 Å². The summed E-state index contributed by atoms with van der Waals surface area (Å²) in [5.74, 6) is 0. The number of fused-ring (bicyclic) bond motifs is 1. The molecule has 0 spiro atoms. The molecular weight excluding hydrogens is 198 g/mol. The zero-order chi connectivity index (χ0) is 11.4. The van der Waals surface area contributed by atoms with Crippen molar-refractivity contribution in [1.82, 2.24) is 4.57 Å². The Kier molecular flexibility index (Phi) is 3.30. The van der Waals surface area contributed by atoms with Crippen molar-refractivity contribution >= 4 is 10.9 Å². The Morgan fingerprint density at radius 3 is 2.94 bits per heavy atom. The average Bonchev–Trinajstić information content (AvgIpc) is 2.63. The van der Waals surface area contributed by atoms with Crippen LogP contribution in [-0.2, 0) is 18.2 Å². The second kappa shape index (κ2) is 4.88. The summed E-state index contributed by atoms with van der Waals surface area (Å²) < 4.78 is 7.52. The number of para-hydroxylation sites is 1. The van der Waals surface area contributed by atoms with Crippen LogP contribution in [0.4, 0.5) is 0 Å². The summed E-state index contributed by atoms with van der Waals surface area (Å²) in [6.45, 7) is 2.69. The van der Waals surface area contributed by atoms with Gasteiger partial charge >= 0.3 is 0 Å². The fraction of sp³-hybridized carbons (Fsp3) is 0.286. The molecule has 0 saturated heterocycles. The maximum Gasteiger partial charge on any atom is 0.0914 e. The van der Waals surface area contributed by atoms with E-state index in [9.17, 15) is 0 Å². The number of aryl methyl sites for hydroxylation is 1. The molecule has 2 nitrogen and oxygen atoms in total. The second-order valence-corrected chi connectivity index (χ2v) is 3.87. The summed E-state index contributed by atoms with van der Waals surface area (Å²) in [5, 5.41) is 1.33. The molecule has 2 rings (SSSR count). The van der Waals surface area contributed by atoms with Crippen LogP contribution in [-0.4, -0.2) is 11.2 Å². The predicted molar refractivity (Wildman–Crippen MR) is 67.4 cm³/mol. The predicted octanol–water partition coefficient (Wildman–Crippen LogP) is 3.27. The second-order valence-electron chi connectivity index (χ2n) is 3.87. The van der Waals surface area contributed by atoms with Crippen LogP contribution < -0.4 is 0 Å². The average molecular weight is 215 g/mol. The summed E-state index contributed by atoms with van der Waals surface area (Å²) in [6, 6.07) is 8.47. The van der Waals surface area contributed by atoms with E-state index >= 15 is 0 Å². The smallest absolute Gasteiger partial charge is 0.0914 e. The number of nitrogens with zero attached hydrogens (tertiary/aromatic N) is 1. The molecule has 84 valence electrons. The Labute approximate surface area is 96.1 Å². The SMILES string of the molecule is CC=COCCc1cn(C)c2ccccc12. The molecule has 1 heterocycles. The van der Waals surface area contributed by atoms with Crippen LogP contribution >= 0.6 is 0 Å². The van der Waals surface area contributed by atoms with Gasteiger partial charge in [-0.2, -0.15) is 0 Å². The van der Waals surface area contributed by atoms with Gasteiger partial charge in [-0.05, 0) is 18.6 Å². The Hall–Kier alpha value is -1.70. The molecule has 1 aromatic heterocycles. The van der Waals surface area contributed by atoms with E-state index in [1.807, 2.05) is 13.0 Å². The van der Waals surface area contributed by atoms with Crippen LogP contribution in [0.1, 0.15) is 12.5 Å². The molecule has 0 fully saturated rings. The molecule has 0 N–H and O–H groups in total. The van der Waals surface area contributed by atoms with E-state index < -0.39 is 0 Å². The molecule has 2 heteroatoms. The Balaban J connectivity index is 2.18. The first-order valence-electron chi connectivity index (χ1n) is 5.58. The number of hydrogen-bond donors (Lipinski definition) is 0. The lowest BCUT2D eigenvalue weighted by atomic mass is 10.1. The van der Waals surface area contributed by atoms with Gasteiger partial charge in [-0.15, -0.1) is 0 Å². The third kappa shape index (κ3) is 2.11. The Morgan fingerprint density at radius 1 is 1.31 bits per heavy atom. The molecule has 0 saturated carbocycles. The molecule has 0 aliphatic carbocycles. The lowest BCUT2D eigenvalue weighted by Crippen LogP contribution is -1.92. The number of ether oxygens (including phenoxy) is 1. The molecule has 0 radical (unpaired) electrons. The Bertz CT molecular complexity index is 496. The lowest BCUT2D eigenvalue weighted by Gasteiger charge is -1.99. The molecule has 0 aliphatic rings. The van der Waals surface area contributed by atoms with Crippen LogP contribution in [0.25, 0.3) is 10.9 Å². The maximum absolute atomic E-state index is 5.36. The zero-order valence-electron chi connectivity index (χ0n) is 9.81. The number of allylic oxidation sites excluding steroid dienone is 1. The van der Waals surface area contributed by atoms with E-state index in [1.54, 1.807) is 6.26 Å². The van der Waals surface area contributed by atoms with Gasteiger partial charge < -0.3 is 9.30 Å². The third-order valence-corrected chi connectivity index (χ3v) is 2.70. The van der Waals surface area contributed by atoms with Crippen molar-refractivity contribution in [2.24, 2.45) is 7.05 Å². The number of hydrogen-bond acceptors (Lipinski definition) is 1. The van der Waals surface area contributed by atoms with E-state index in [4.69, 9.17) is 4.74 Å². The van der Waals surface area contributed by atoms with Gasteiger partial charge in [0.15, 0.2) is 0 Å². The minimum absolute atomic E-state index is 0.734. The van der Waals surface area contributed by atoms with Crippen molar-refractivity contribution in [1.29, 1.82) is 0 Å². The van der Waals surface area contributed by atoms with Crippen LogP contribution in [0.15, 0.2) is 42.8 Å². The van der Waals surface area contributed by atoms with Gasteiger partial charge in [0.05, 0.1) is 12.9 Å². The minimum atomic E-state index is 0.734. The van der Waals surface area contributed by atoms with Gasteiger partial charge in [0.25, 0.3) is 0 Å². The van der Waals surface area contributed by atoms with E-state index in [0.717, 1.165) is 13.0 Å². The van der Waals surface area contributed by atoms with Crippen molar-refractivity contribution in [3.8, 4) is 0 Å². The van der Waals surface area contributed by atoms with E-state index in [0.29, 0.717) is 0 Å². The molecule has 2 aromatic rings. The van der Waals surface area contributed by atoms with Gasteiger partial charge in [0.2, 0.25) is 0 Å². The summed E-state index contributed by atoms with van der Waals surface area (Å²) in [4.78, 5) is 0. The zero-order valence-corrected chi connectivity index (χ0v) is 9.81. The maximum atomic E-state index is 5.36. The molecule has 0 aliphatic heterocycles. The molecule has 0 bridgehead atoms. The highest BCUT2D eigenvalue weighted by Crippen LogP contribution is 2.20. The van der Waals surface area contributed by atoms with Gasteiger partial charge in [0, 0.05) is 30.6 Å². The van der Waals surface area contributed by atoms with Crippen LogP contribution in [0.5, 0.6) is 0 Å². The van der Waals surface area contributed by atoms with Crippen LogP contribution in [0.3, 0.4) is 0 Å². The summed E-state index contributed by atoms with van der Waals surface area (Å²) in [5.41, 5.74) is 2.63. The normalized spacial score (nSPS) is 11.4. The highest BCUT2D eigenvalue weighted by atomic mass is 16.5. The van der Waals surface area contributed by atoms with Crippen molar-refractivity contribution in [3.63, 3.8) is 0 Å². The van der Waals surface area contributed by atoms with Crippen LogP contribution in [0.2, 0.25) is 0 Å². The van der Waals surface area contributed by atoms with Crippen molar-refractivity contribution in [2.75, 3.05) is 6.61 Å². The first-order chi connectivity index (χ1) is 7.83. The summed E-state index contributed by atoms with van der Waals surface area (Å²) in [6.07, 6.45) is 6.78. The number of rotatable bonds is 4. The number of aromatic nitrogens is 1. The van der Waals surface area contributed by atoms with E-state index in [2.05, 4.69) is 42.1 Å². The molecule has 1 aromatic carbocycles. The fourth-order valence-corrected chi connectivity index (χ4v) is 1.96. The van der Waals surface area contributed by atoms with E-state index in [1.165, 1.54) is 16.5 Å². The molecule has 0 amide bonds. The molecular formula is C14H17NO. The fourth-order valence-electron chi connectivity index (χ4n) is 1.96. The highest BCUT2D eigenvalue weighted by Gasteiger charge is 2.04. The highest BCUT2D eigenvalue weighted by molar-refractivity contribution is 5.83. The van der Waals surface area contributed by atoms with Crippen molar-refractivity contribution in [3.05, 3.63) is 48.4 Å². The first-order valence-corrected chi connectivity index (χ1v) is 5.58. The summed E-state index contributed by atoms with van der Waals surface area (Å²) >= 11 is 0. The van der Waals surface area contributed by atoms with Gasteiger partial charge in [-0.1, -0.05) is 24.3 Å². The molecule has 0 atom stereocenters. The van der Waals surface area contributed by atoms with E-state index in [-0.39, 0.29) is 0 Å². The summed E-state index contributed by atoms with van der Waals surface area (Å²) in [7, 11) is 2.08. The standard InChI is InChI=1S/C14H17NO/c1-3-9-16-10-8-12-11-15(2)14-7-5-4-6-13(12)14/h3-7,9,11H,8,10H2,1-2H3. The van der Waals surface area contributed by atoms with Crippen molar-refractivity contribution < 1.29 is 4.74 Å². The van der Waals surface area contributed by atoms with Gasteiger partial charge in [0.1, 0.15) is 0 Å². The first kappa shape index (κ1) is 10.8. The monoisotopic (exact) mass is 215 g/mol. The largest absolute Gasteiger partial charge is 0.501 e. The Morgan fingerprint density at radius 2 is 2.12 bits per heavy atom. The quantitative estimate of drug-likeness (QED) is 0.564.